The maximum absolute atomic E-state index is 4.29. The van der Waals surface area contributed by atoms with Crippen LogP contribution in [0.15, 0.2) is 10.9 Å². The third kappa shape index (κ3) is 5.54. The van der Waals surface area contributed by atoms with Crippen molar-refractivity contribution in [2.45, 2.75) is 38.5 Å². The van der Waals surface area contributed by atoms with Crippen molar-refractivity contribution in [3.05, 3.63) is 16.6 Å². The zero-order valence-corrected chi connectivity index (χ0v) is 11.5. The molecule has 1 rings (SSSR count). The highest BCUT2D eigenvalue weighted by molar-refractivity contribution is 8.00. The van der Waals surface area contributed by atoms with E-state index in [0.29, 0.717) is 10.8 Å². The minimum Gasteiger partial charge on any atom is -0.308 e. The van der Waals surface area contributed by atoms with E-state index in [4.69, 9.17) is 0 Å². The van der Waals surface area contributed by atoms with Crippen LogP contribution in [0.2, 0.25) is 0 Å². The molecule has 2 nitrogen and oxygen atoms in total. The first-order chi connectivity index (χ1) is 6.99. The summed E-state index contributed by atoms with van der Waals surface area (Å²) >= 11 is 3.65. The zero-order chi connectivity index (χ0) is 11.3. The van der Waals surface area contributed by atoms with Gasteiger partial charge in [-0.05, 0) is 6.92 Å². The molecule has 1 atom stereocenters. The van der Waals surface area contributed by atoms with Crippen LogP contribution in [0.1, 0.15) is 39.4 Å². The minimum absolute atomic E-state index is 0.367. The molecule has 0 spiro atoms. The molecule has 0 aliphatic carbocycles. The third-order valence-corrected chi connectivity index (χ3v) is 3.86. The van der Waals surface area contributed by atoms with Gasteiger partial charge in [0.15, 0.2) is 0 Å². The molecule has 0 amide bonds. The van der Waals surface area contributed by atoms with Gasteiger partial charge in [-0.15, -0.1) is 11.3 Å². The summed E-state index contributed by atoms with van der Waals surface area (Å²) < 4.78 is 0.367. The van der Waals surface area contributed by atoms with Gasteiger partial charge in [-0.3, -0.25) is 0 Å². The van der Waals surface area contributed by atoms with Crippen LogP contribution in [0, 0.1) is 0 Å². The molecule has 0 aliphatic heterocycles. The Labute approximate surface area is 101 Å². The fraction of sp³-hybridized carbons (Fsp3) is 0.727. The maximum Gasteiger partial charge on any atom is 0.0795 e. The van der Waals surface area contributed by atoms with E-state index in [-0.39, 0.29) is 0 Å². The molecule has 86 valence electrons. The van der Waals surface area contributed by atoms with Crippen molar-refractivity contribution in [3.8, 4) is 0 Å². The number of thiazole rings is 1. The Morgan fingerprint density at radius 3 is 2.80 bits per heavy atom. The highest BCUT2D eigenvalue weighted by Crippen LogP contribution is 2.22. The second kappa shape index (κ2) is 5.87. The van der Waals surface area contributed by atoms with Crippen LogP contribution in [0.5, 0.6) is 0 Å². The molecule has 0 aliphatic rings. The topological polar surface area (TPSA) is 24.9 Å². The summed E-state index contributed by atoms with van der Waals surface area (Å²) in [5.41, 5.74) is 3.04. The molecule has 15 heavy (non-hydrogen) atoms. The molecule has 1 heterocycles. The lowest BCUT2D eigenvalue weighted by Gasteiger charge is -2.18. The van der Waals surface area contributed by atoms with E-state index in [0.717, 1.165) is 18.0 Å². The van der Waals surface area contributed by atoms with E-state index >= 15 is 0 Å². The van der Waals surface area contributed by atoms with Crippen molar-refractivity contribution in [1.82, 2.24) is 10.3 Å². The monoisotopic (exact) mass is 244 g/mol. The number of nitrogens with one attached hydrogen (secondary N) is 1. The standard InChI is InChI=1S/C11H20N2S2/c1-9(10-7-14-8-13-10)12-5-6-15-11(2,3)4/h7-9,12H,5-6H2,1-4H3. The molecular formula is C11H20N2S2. The average Bonchev–Trinajstić information content (AvgIpc) is 2.63. The van der Waals surface area contributed by atoms with Crippen LogP contribution in [0.4, 0.5) is 0 Å². The number of rotatable bonds is 5. The van der Waals surface area contributed by atoms with E-state index in [9.17, 15) is 0 Å². The van der Waals surface area contributed by atoms with E-state index < -0.39 is 0 Å². The largest absolute Gasteiger partial charge is 0.308 e. The van der Waals surface area contributed by atoms with Gasteiger partial charge in [0.05, 0.1) is 11.2 Å². The molecule has 0 saturated heterocycles. The normalized spacial score (nSPS) is 14.1. The van der Waals surface area contributed by atoms with Gasteiger partial charge in [-0.2, -0.15) is 11.8 Å². The lowest BCUT2D eigenvalue weighted by Crippen LogP contribution is -2.23. The van der Waals surface area contributed by atoms with Gasteiger partial charge in [0.1, 0.15) is 0 Å². The van der Waals surface area contributed by atoms with Gasteiger partial charge in [0.25, 0.3) is 0 Å². The zero-order valence-electron chi connectivity index (χ0n) is 9.91. The van der Waals surface area contributed by atoms with Gasteiger partial charge >= 0.3 is 0 Å². The molecule has 4 heteroatoms. The van der Waals surface area contributed by atoms with Gasteiger partial charge in [0, 0.05) is 28.5 Å². The van der Waals surface area contributed by atoms with Gasteiger partial charge in [0.2, 0.25) is 0 Å². The van der Waals surface area contributed by atoms with E-state index in [2.05, 4.69) is 43.4 Å². The Morgan fingerprint density at radius 1 is 1.53 bits per heavy atom. The Bertz CT molecular complexity index is 265. The lowest BCUT2D eigenvalue weighted by molar-refractivity contribution is 0.588. The highest BCUT2D eigenvalue weighted by Gasteiger charge is 2.10. The van der Waals surface area contributed by atoms with Crippen LogP contribution >= 0.6 is 23.1 Å². The minimum atomic E-state index is 0.367. The molecule has 1 aromatic rings. The van der Waals surface area contributed by atoms with Crippen molar-refractivity contribution in [2.75, 3.05) is 12.3 Å². The number of thioether (sulfide) groups is 1. The van der Waals surface area contributed by atoms with Crippen molar-refractivity contribution >= 4 is 23.1 Å². The quantitative estimate of drug-likeness (QED) is 0.804. The number of nitrogens with zero attached hydrogens (tertiary/aromatic N) is 1. The Balaban J connectivity index is 2.16. The molecule has 1 N–H and O–H groups in total. The summed E-state index contributed by atoms with van der Waals surface area (Å²) in [6.07, 6.45) is 0. The first-order valence-electron chi connectivity index (χ1n) is 5.24. The van der Waals surface area contributed by atoms with Crippen molar-refractivity contribution in [2.24, 2.45) is 0 Å². The van der Waals surface area contributed by atoms with Crippen molar-refractivity contribution < 1.29 is 0 Å². The van der Waals surface area contributed by atoms with E-state index in [1.54, 1.807) is 11.3 Å². The van der Waals surface area contributed by atoms with Crippen LogP contribution in [-0.2, 0) is 0 Å². The van der Waals surface area contributed by atoms with Crippen molar-refractivity contribution in [1.29, 1.82) is 0 Å². The molecule has 0 fully saturated rings. The Kier molecular flexibility index (Phi) is 5.09. The average molecular weight is 244 g/mol. The van der Waals surface area contributed by atoms with Gasteiger partial charge < -0.3 is 5.32 Å². The Morgan fingerprint density at radius 2 is 2.27 bits per heavy atom. The summed E-state index contributed by atoms with van der Waals surface area (Å²) in [4.78, 5) is 4.29. The molecule has 0 radical (unpaired) electrons. The predicted octanol–water partition coefficient (Wildman–Crippen LogP) is 3.33. The molecule has 0 saturated carbocycles. The number of aromatic nitrogens is 1. The lowest BCUT2D eigenvalue weighted by atomic mass is 10.2. The summed E-state index contributed by atoms with van der Waals surface area (Å²) in [6.45, 7) is 9.96. The molecule has 0 bridgehead atoms. The van der Waals surface area contributed by atoms with Crippen LogP contribution in [0.3, 0.4) is 0 Å². The predicted molar refractivity (Wildman–Crippen MR) is 70.7 cm³/mol. The van der Waals surface area contributed by atoms with Crippen LogP contribution in [0.25, 0.3) is 0 Å². The Hall–Kier alpha value is -0.0600. The van der Waals surface area contributed by atoms with Crippen LogP contribution < -0.4 is 5.32 Å². The number of hydrogen-bond donors (Lipinski definition) is 1. The molecule has 1 aromatic heterocycles. The first kappa shape index (κ1) is 13.0. The van der Waals surface area contributed by atoms with E-state index in [1.165, 1.54) is 0 Å². The highest BCUT2D eigenvalue weighted by atomic mass is 32.2. The number of hydrogen-bond acceptors (Lipinski definition) is 4. The second-order valence-electron chi connectivity index (χ2n) is 4.55. The van der Waals surface area contributed by atoms with Crippen molar-refractivity contribution in [3.63, 3.8) is 0 Å². The summed E-state index contributed by atoms with van der Waals surface area (Å²) in [6, 6.07) is 0.372. The molecular weight excluding hydrogens is 224 g/mol. The fourth-order valence-corrected chi connectivity index (χ4v) is 2.65. The van der Waals surface area contributed by atoms with Crippen LogP contribution in [-0.4, -0.2) is 22.0 Å². The second-order valence-corrected chi connectivity index (χ2v) is 7.19. The maximum atomic E-state index is 4.29. The van der Waals surface area contributed by atoms with E-state index in [1.807, 2.05) is 17.3 Å². The third-order valence-electron chi connectivity index (χ3n) is 1.98. The first-order valence-corrected chi connectivity index (χ1v) is 7.17. The fourth-order valence-electron chi connectivity index (χ4n) is 1.17. The molecule has 1 unspecified atom stereocenters. The van der Waals surface area contributed by atoms with Gasteiger partial charge in [-0.1, -0.05) is 20.8 Å². The summed E-state index contributed by atoms with van der Waals surface area (Å²) in [5, 5.41) is 5.59. The molecule has 0 aromatic carbocycles. The van der Waals surface area contributed by atoms with Gasteiger partial charge in [-0.25, -0.2) is 4.98 Å². The SMILES string of the molecule is CC(NCCSC(C)(C)C)c1cscn1. The summed E-state index contributed by atoms with van der Waals surface area (Å²) in [5.74, 6) is 1.15. The summed E-state index contributed by atoms with van der Waals surface area (Å²) in [7, 11) is 0. The smallest absolute Gasteiger partial charge is 0.0795 e.